The van der Waals surface area contributed by atoms with E-state index in [-0.39, 0.29) is 11.7 Å². The van der Waals surface area contributed by atoms with Gasteiger partial charge in [-0.1, -0.05) is 38.4 Å². The van der Waals surface area contributed by atoms with Crippen molar-refractivity contribution >= 4 is 17.4 Å². The van der Waals surface area contributed by atoms with E-state index in [1.165, 1.54) is 0 Å². The highest BCUT2D eigenvalue weighted by Crippen LogP contribution is 2.10. The Morgan fingerprint density at radius 1 is 1.60 bits per heavy atom. The van der Waals surface area contributed by atoms with Gasteiger partial charge in [-0.15, -0.1) is 0 Å². The van der Waals surface area contributed by atoms with Gasteiger partial charge in [0.2, 0.25) is 0 Å². The molecule has 0 N–H and O–H groups in total. The third-order valence-corrected chi connectivity index (χ3v) is 1.48. The van der Waals surface area contributed by atoms with E-state index < -0.39 is 0 Å². The van der Waals surface area contributed by atoms with Crippen molar-refractivity contribution in [1.82, 2.24) is 0 Å². The third-order valence-electron chi connectivity index (χ3n) is 1.14. The maximum absolute atomic E-state index is 11.0. The minimum absolute atomic E-state index is 0.00954. The number of hydrogen-bond donors (Lipinski definition) is 0. The monoisotopic (exact) mass is 160 g/mol. The molecular formula is C8H13ClO. The summed E-state index contributed by atoms with van der Waals surface area (Å²) < 4.78 is 0. The van der Waals surface area contributed by atoms with Crippen LogP contribution in [0.4, 0.5) is 0 Å². The SMILES string of the molecule is CC/C=C(\Cl)C(=O)C(C)C. The summed E-state index contributed by atoms with van der Waals surface area (Å²) in [6.45, 7) is 5.64. The normalized spacial score (nSPS) is 12.3. The molecule has 0 saturated heterocycles. The predicted molar refractivity (Wildman–Crippen MR) is 44.1 cm³/mol. The molecule has 10 heavy (non-hydrogen) atoms. The Balaban J connectivity index is 4.08. The van der Waals surface area contributed by atoms with Gasteiger partial charge in [0.25, 0.3) is 0 Å². The molecule has 0 saturated carbocycles. The van der Waals surface area contributed by atoms with Gasteiger partial charge in [0.05, 0.1) is 5.03 Å². The molecule has 0 aromatic carbocycles. The van der Waals surface area contributed by atoms with Crippen molar-refractivity contribution in [2.24, 2.45) is 5.92 Å². The first-order chi connectivity index (χ1) is 4.59. The number of rotatable bonds is 3. The number of allylic oxidation sites excluding steroid dienone is 2. The number of halogens is 1. The smallest absolute Gasteiger partial charge is 0.176 e. The summed E-state index contributed by atoms with van der Waals surface area (Å²) in [6.07, 6.45) is 2.56. The first-order valence-corrected chi connectivity index (χ1v) is 3.87. The van der Waals surface area contributed by atoms with Crippen LogP contribution in [0.5, 0.6) is 0 Å². The fourth-order valence-corrected chi connectivity index (χ4v) is 0.928. The quantitative estimate of drug-likeness (QED) is 0.581. The van der Waals surface area contributed by atoms with Crippen LogP contribution in [-0.2, 0) is 4.79 Å². The van der Waals surface area contributed by atoms with Crippen LogP contribution in [0.3, 0.4) is 0 Å². The largest absolute Gasteiger partial charge is 0.293 e. The third kappa shape index (κ3) is 3.02. The molecule has 58 valence electrons. The molecule has 0 heterocycles. The van der Waals surface area contributed by atoms with E-state index in [9.17, 15) is 4.79 Å². The Bertz CT molecular complexity index is 147. The van der Waals surface area contributed by atoms with Crippen LogP contribution in [0, 0.1) is 5.92 Å². The van der Waals surface area contributed by atoms with Crippen molar-refractivity contribution in [3.8, 4) is 0 Å². The Labute approximate surface area is 67.1 Å². The average molecular weight is 161 g/mol. The minimum Gasteiger partial charge on any atom is -0.293 e. The molecule has 2 heteroatoms. The fraction of sp³-hybridized carbons (Fsp3) is 0.625. The van der Waals surface area contributed by atoms with Gasteiger partial charge in [0.1, 0.15) is 0 Å². The van der Waals surface area contributed by atoms with E-state index in [4.69, 9.17) is 11.6 Å². The van der Waals surface area contributed by atoms with Crippen molar-refractivity contribution in [3.05, 3.63) is 11.1 Å². The lowest BCUT2D eigenvalue weighted by Crippen LogP contribution is -2.06. The summed E-state index contributed by atoms with van der Waals surface area (Å²) in [7, 11) is 0. The van der Waals surface area contributed by atoms with E-state index in [1.807, 2.05) is 20.8 Å². The van der Waals surface area contributed by atoms with Gasteiger partial charge < -0.3 is 0 Å². The lowest BCUT2D eigenvalue weighted by molar-refractivity contribution is -0.117. The topological polar surface area (TPSA) is 17.1 Å². The molecule has 0 bridgehead atoms. The second-order valence-electron chi connectivity index (χ2n) is 2.48. The Morgan fingerprint density at radius 2 is 2.10 bits per heavy atom. The summed E-state index contributed by atoms with van der Waals surface area (Å²) in [4.78, 5) is 11.0. The van der Waals surface area contributed by atoms with Crippen LogP contribution in [0.15, 0.2) is 11.1 Å². The first-order valence-electron chi connectivity index (χ1n) is 3.49. The standard InChI is InChI=1S/C8H13ClO/c1-4-5-7(9)8(10)6(2)3/h5-6H,4H2,1-3H3/b7-5-. The van der Waals surface area contributed by atoms with Crippen LogP contribution in [0.2, 0.25) is 0 Å². The highest BCUT2D eigenvalue weighted by Gasteiger charge is 2.09. The van der Waals surface area contributed by atoms with Crippen LogP contribution in [-0.4, -0.2) is 5.78 Å². The van der Waals surface area contributed by atoms with Crippen LogP contribution >= 0.6 is 11.6 Å². The van der Waals surface area contributed by atoms with Gasteiger partial charge in [0.15, 0.2) is 5.78 Å². The summed E-state index contributed by atoms with van der Waals surface area (Å²) in [5.74, 6) is 0.0406. The van der Waals surface area contributed by atoms with Crippen molar-refractivity contribution in [2.45, 2.75) is 27.2 Å². The highest BCUT2D eigenvalue weighted by atomic mass is 35.5. The maximum Gasteiger partial charge on any atom is 0.176 e. The van der Waals surface area contributed by atoms with E-state index in [1.54, 1.807) is 6.08 Å². The fourth-order valence-electron chi connectivity index (χ4n) is 0.556. The summed E-state index contributed by atoms with van der Waals surface area (Å²) in [5.41, 5.74) is 0. The Kier molecular flexibility index (Phi) is 4.37. The molecule has 0 fully saturated rings. The van der Waals surface area contributed by atoms with Gasteiger partial charge in [-0.25, -0.2) is 0 Å². The zero-order chi connectivity index (χ0) is 8.15. The highest BCUT2D eigenvalue weighted by molar-refractivity contribution is 6.42. The van der Waals surface area contributed by atoms with Crippen molar-refractivity contribution < 1.29 is 4.79 Å². The Morgan fingerprint density at radius 3 is 2.40 bits per heavy atom. The zero-order valence-electron chi connectivity index (χ0n) is 6.65. The lowest BCUT2D eigenvalue weighted by Gasteiger charge is -2.00. The molecule has 0 atom stereocenters. The van der Waals surface area contributed by atoms with Gasteiger partial charge in [-0.3, -0.25) is 4.79 Å². The number of carbonyl (C=O) groups is 1. The second kappa shape index (κ2) is 4.51. The van der Waals surface area contributed by atoms with E-state index in [0.29, 0.717) is 5.03 Å². The molecule has 0 amide bonds. The van der Waals surface area contributed by atoms with Gasteiger partial charge in [-0.2, -0.15) is 0 Å². The molecular weight excluding hydrogens is 148 g/mol. The van der Waals surface area contributed by atoms with Crippen molar-refractivity contribution in [2.75, 3.05) is 0 Å². The summed E-state index contributed by atoms with van der Waals surface area (Å²) in [5, 5.41) is 0.373. The molecule has 0 unspecified atom stereocenters. The van der Waals surface area contributed by atoms with Gasteiger partial charge in [0, 0.05) is 5.92 Å². The molecule has 0 aliphatic rings. The molecule has 0 aliphatic carbocycles. The van der Waals surface area contributed by atoms with E-state index >= 15 is 0 Å². The predicted octanol–water partition coefficient (Wildman–Crippen LogP) is 2.74. The summed E-state index contributed by atoms with van der Waals surface area (Å²) >= 11 is 5.64. The molecule has 0 aromatic heterocycles. The van der Waals surface area contributed by atoms with Crippen LogP contribution in [0.1, 0.15) is 27.2 Å². The molecule has 0 aliphatic heterocycles. The van der Waals surface area contributed by atoms with Crippen LogP contribution < -0.4 is 0 Å². The molecule has 0 radical (unpaired) electrons. The van der Waals surface area contributed by atoms with Gasteiger partial charge in [-0.05, 0) is 6.42 Å². The van der Waals surface area contributed by atoms with Crippen molar-refractivity contribution in [3.63, 3.8) is 0 Å². The molecule has 0 spiro atoms. The molecule has 1 nitrogen and oxygen atoms in total. The van der Waals surface area contributed by atoms with E-state index in [0.717, 1.165) is 6.42 Å². The van der Waals surface area contributed by atoms with Crippen molar-refractivity contribution in [1.29, 1.82) is 0 Å². The summed E-state index contributed by atoms with van der Waals surface area (Å²) in [6, 6.07) is 0. The Hall–Kier alpha value is -0.300. The zero-order valence-corrected chi connectivity index (χ0v) is 7.40. The van der Waals surface area contributed by atoms with E-state index in [2.05, 4.69) is 0 Å². The molecule has 0 rings (SSSR count). The number of ketones is 1. The minimum atomic E-state index is 0.00954. The second-order valence-corrected chi connectivity index (χ2v) is 2.89. The lowest BCUT2D eigenvalue weighted by atomic mass is 10.1. The maximum atomic E-state index is 11.0. The molecule has 0 aromatic rings. The first kappa shape index (κ1) is 9.70. The van der Waals surface area contributed by atoms with Crippen LogP contribution in [0.25, 0.3) is 0 Å². The number of hydrogen-bond acceptors (Lipinski definition) is 1. The van der Waals surface area contributed by atoms with Gasteiger partial charge >= 0.3 is 0 Å². The average Bonchev–Trinajstić information content (AvgIpc) is 1.87. The number of Topliss-reactive ketones (excluding diaryl/α,β-unsaturated/α-hetero) is 1. The number of carbonyl (C=O) groups excluding carboxylic acids is 1.